The minimum absolute atomic E-state index is 0.480. The average Bonchev–Trinajstić information content (AvgIpc) is 2.94. The third-order valence-corrected chi connectivity index (χ3v) is 4.77. The van der Waals surface area contributed by atoms with Crippen LogP contribution in [0.15, 0.2) is 24.3 Å². The van der Waals surface area contributed by atoms with E-state index in [0.29, 0.717) is 5.41 Å². The molecule has 0 heterocycles. The van der Waals surface area contributed by atoms with E-state index in [9.17, 15) is 0 Å². The minimum Gasteiger partial charge on any atom is -0.374 e. The number of hydrogen-bond acceptors (Lipinski definition) is 2. The number of nitrogens with zero attached hydrogens (tertiary/aromatic N) is 1. The van der Waals surface area contributed by atoms with E-state index in [1.807, 2.05) is 0 Å². The van der Waals surface area contributed by atoms with Crippen molar-refractivity contribution in [2.75, 3.05) is 31.6 Å². The SMILES string of the molecule is CCNCC1(CN(C)c2ccc(CC)cc2)CCCC1. The van der Waals surface area contributed by atoms with E-state index in [-0.39, 0.29) is 0 Å². The van der Waals surface area contributed by atoms with Gasteiger partial charge in [0, 0.05) is 31.2 Å². The van der Waals surface area contributed by atoms with Crippen LogP contribution in [-0.4, -0.2) is 26.7 Å². The van der Waals surface area contributed by atoms with Gasteiger partial charge in [-0.05, 0) is 43.5 Å². The lowest BCUT2D eigenvalue weighted by Gasteiger charge is -2.35. The zero-order valence-electron chi connectivity index (χ0n) is 13.4. The summed E-state index contributed by atoms with van der Waals surface area (Å²) in [7, 11) is 2.24. The van der Waals surface area contributed by atoms with Crippen molar-refractivity contribution in [3.8, 4) is 0 Å². The van der Waals surface area contributed by atoms with Crippen molar-refractivity contribution in [1.82, 2.24) is 5.32 Å². The van der Waals surface area contributed by atoms with Crippen LogP contribution in [0.4, 0.5) is 5.69 Å². The van der Waals surface area contributed by atoms with E-state index in [1.54, 1.807) is 0 Å². The Morgan fingerprint density at radius 2 is 1.75 bits per heavy atom. The fourth-order valence-corrected chi connectivity index (χ4v) is 3.49. The lowest BCUT2D eigenvalue weighted by molar-refractivity contribution is 0.289. The molecule has 2 heteroatoms. The van der Waals surface area contributed by atoms with Gasteiger partial charge >= 0.3 is 0 Å². The second kappa shape index (κ2) is 7.12. The summed E-state index contributed by atoms with van der Waals surface area (Å²) in [5.74, 6) is 0. The molecule has 0 saturated heterocycles. The molecular formula is C18H30N2. The monoisotopic (exact) mass is 274 g/mol. The van der Waals surface area contributed by atoms with Crippen LogP contribution in [0.5, 0.6) is 0 Å². The van der Waals surface area contributed by atoms with Crippen LogP contribution < -0.4 is 10.2 Å². The van der Waals surface area contributed by atoms with E-state index in [2.05, 4.69) is 55.4 Å². The predicted molar refractivity (Wildman–Crippen MR) is 88.5 cm³/mol. The topological polar surface area (TPSA) is 15.3 Å². The fraction of sp³-hybridized carbons (Fsp3) is 0.667. The van der Waals surface area contributed by atoms with Gasteiger partial charge in [0.25, 0.3) is 0 Å². The predicted octanol–water partition coefficient (Wildman–Crippen LogP) is 3.86. The van der Waals surface area contributed by atoms with Crippen molar-refractivity contribution in [3.05, 3.63) is 29.8 Å². The first kappa shape index (κ1) is 15.4. The molecule has 0 amide bonds. The number of anilines is 1. The molecule has 0 radical (unpaired) electrons. The van der Waals surface area contributed by atoms with Crippen molar-refractivity contribution >= 4 is 5.69 Å². The molecule has 0 bridgehead atoms. The quantitative estimate of drug-likeness (QED) is 0.812. The van der Waals surface area contributed by atoms with Crippen LogP contribution in [0.25, 0.3) is 0 Å². The Kier molecular flexibility index (Phi) is 5.47. The summed E-state index contributed by atoms with van der Waals surface area (Å²) in [4.78, 5) is 2.45. The number of hydrogen-bond donors (Lipinski definition) is 1. The molecule has 0 aromatic heterocycles. The molecule has 0 aliphatic heterocycles. The van der Waals surface area contributed by atoms with Gasteiger partial charge in [-0.3, -0.25) is 0 Å². The van der Waals surface area contributed by atoms with Gasteiger partial charge in [0.05, 0.1) is 0 Å². The molecule has 1 aliphatic rings. The summed E-state index contributed by atoms with van der Waals surface area (Å²) in [6.07, 6.45) is 6.66. The number of benzene rings is 1. The van der Waals surface area contributed by atoms with E-state index >= 15 is 0 Å². The molecule has 1 fully saturated rings. The van der Waals surface area contributed by atoms with Gasteiger partial charge in [-0.2, -0.15) is 0 Å². The third-order valence-electron chi connectivity index (χ3n) is 4.77. The summed E-state index contributed by atoms with van der Waals surface area (Å²) in [6.45, 7) is 7.83. The lowest BCUT2D eigenvalue weighted by Crippen LogP contribution is -2.41. The van der Waals surface area contributed by atoms with Gasteiger partial charge in [-0.15, -0.1) is 0 Å². The Hall–Kier alpha value is -1.02. The molecule has 2 rings (SSSR count). The minimum atomic E-state index is 0.480. The van der Waals surface area contributed by atoms with E-state index in [0.717, 1.165) is 13.0 Å². The Morgan fingerprint density at radius 1 is 1.10 bits per heavy atom. The molecule has 0 spiro atoms. The van der Waals surface area contributed by atoms with Gasteiger partial charge in [0.2, 0.25) is 0 Å². The van der Waals surface area contributed by atoms with Crippen LogP contribution in [0, 0.1) is 5.41 Å². The van der Waals surface area contributed by atoms with Crippen molar-refractivity contribution in [3.63, 3.8) is 0 Å². The van der Waals surface area contributed by atoms with Gasteiger partial charge in [-0.1, -0.05) is 38.8 Å². The number of rotatable bonds is 7. The number of nitrogens with one attached hydrogen (secondary N) is 1. The summed E-state index contributed by atoms with van der Waals surface area (Å²) < 4.78 is 0. The Labute approximate surface area is 124 Å². The highest BCUT2D eigenvalue weighted by Gasteiger charge is 2.34. The maximum absolute atomic E-state index is 3.58. The van der Waals surface area contributed by atoms with E-state index < -0.39 is 0 Å². The molecule has 0 atom stereocenters. The molecule has 1 aromatic carbocycles. The van der Waals surface area contributed by atoms with E-state index in [4.69, 9.17) is 0 Å². The van der Waals surface area contributed by atoms with Crippen LogP contribution >= 0.6 is 0 Å². The molecule has 2 nitrogen and oxygen atoms in total. The third kappa shape index (κ3) is 3.76. The van der Waals surface area contributed by atoms with Gasteiger partial charge in [0.15, 0.2) is 0 Å². The first-order chi connectivity index (χ1) is 9.69. The maximum atomic E-state index is 3.58. The molecular weight excluding hydrogens is 244 g/mol. The zero-order chi connectivity index (χ0) is 14.4. The highest BCUT2D eigenvalue weighted by atomic mass is 15.1. The van der Waals surface area contributed by atoms with Crippen LogP contribution in [0.2, 0.25) is 0 Å². The normalized spacial score (nSPS) is 17.4. The van der Waals surface area contributed by atoms with E-state index in [1.165, 1.54) is 50.0 Å². The van der Waals surface area contributed by atoms with Crippen LogP contribution in [0.1, 0.15) is 45.1 Å². The smallest absolute Gasteiger partial charge is 0.0363 e. The van der Waals surface area contributed by atoms with Gasteiger partial charge in [-0.25, -0.2) is 0 Å². The molecule has 1 saturated carbocycles. The van der Waals surface area contributed by atoms with Crippen LogP contribution in [-0.2, 0) is 6.42 Å². The molecule has 20 heavy (non-hydrogen) atoms. The average molecular weight is 274 g/mol. The Balaban J connectivity index is 2.01. The molecule has 1 N–H and O–H groups in total. The van der Waals surface area contributed by atoms with Crippen molar-refractivity contribution in [1.29, 1.82) is 0 Å². The molecule has 0 unspecified atom stereocenters. The second-order valence-electron chi connectivity index (χ2n) is 6.36. The van der Waals surface area contributed by atoms with Crippen LogP contribution in [0.3, 0.4) is 0 Å². The standard InChI is InChI=1S/C18H30N2/c1-4-16-8-10-17(11-9-16)20(3)15-18(14-19-5-2)12-6-7-13-18/h8-11,19H,4-7,12-15H2,1-3H3. The fourth-order valence-electron chi connectivity index (χ4n) is 3.49. The van der Waals surface area contributed by atoms with Crippen molar-refractivity contribution in [2.45, 2.75) is 46.0 Å². The molecule has 112 valence electrons. The maximum Gasteiger partial charge on any atom is 0.0363 e. The summed E-state index contributed by atoms with van der Waals surface area (Å²) in [5, 5.41) is 3.58. The largest absolute Gasteiger partial charge is 0.374 e. The Morgan fingerprint density at radius 3 is 2.30 bits per heavy atom. The highest BCUT2D eigenvalue weighted by Crippen LogP contribution is 2.38. The molecule has 1 aliphatic carbocycles. The summed E-state index contributed by atoms with van der Waals surface area (Å²) in [5.41, 5.74) is 3.25. The second-order valence-corrected chi connectivity index (χ2v) is 6.36. The van der Waals surface area contributed by atoms with Crippen molar-refractivity contribution < 1.29 is 0 Å². The van der Waals surface area contributed by atoms with Crippen molar-refractivity contribution in [2.24, 2.45) is 5.41 Å². The summed E-state index contributed by atoms with van der Waals surface area (Å²) >= 11 is 0. The highest BCUT2D eigenvalue weighted by molar-refractivity contribution is 5.47. The Bertz CT molecular complexity index is 390. The van der Waals surface area contributed by atoms with Gasteiger partial charge in [0.1, 0.15) is 0 Å². The first-order valence-corrected chi connectivity index (χ1v) is 8.20. The number of aryl methyl sites for hydroxylation is 1. The summed E-state index contributed by atoms with van der Waals surface area (Å²) in [6, 6.07) is 9.07. The first-order valence-electron chi connectivity index (χ1n) is 8.20. The molecule has 1 aromatic rings. The lowest BCUT2D eigenvalue weighted by atomic mass is 9.85. The zero-order valence-corrected chi connectivity index (χ0v) is 13.4. The van der Waals surface area contributed by atoms with Gasteiger partial charge < -0.3 is 10.2 Å².